The summed E-state index contributed by atoms with van der Waals surface area (Å²) in [5, 5.41) is 8.61. The van der Waals surface area contributed by atoms with E-state index < -0.39 is 0 Å². The van der Waals surface area contributed by atoms with Crippen LogP contribution < -0.4 is 4.90 Å². The molecule has 0 unspecified atom stereocenters. The van der Waals surface area contributed by atoms with Gasteiger partial charge in [0.1, 0.15) is 11.9 Å². The zero-order valence-corrected chi connectivity index (χ0v) is 9.68. The topological polar surface area (TPSA) is 62.0 Å². The van der Waals surface area contributed by atoms with Crippen molar-refractivity contribution in [2.75, 3.05) is 31.2 Å². The van der Waals surface area contributed by atoms with Crippen LogP contribution in [-0.2, 0) is 4.74 Å². The maximum Gasteiger partial charge on any atom is 0.158 e. The van der Waals surface area contributed by atoms with Crippen molar-refractivity contribution >= 4 is 5.82 Å². The van der Waals surface area contributed by atoms with Crippen molar-refractivity contribution in [3.05, 3.63) is 18.1 Å². The highest BCUT2D eigenvalue weighted by Crippen LogP contribution is 2.07. The molecule has 1 rings (SSSR count). The molecule has 0 saturated carbocycles. The van der Waals surface area contributed by atoms with Crippen molar-refractivity contribution in [1.29, 1.82) is 5.26 Å². The Hall–Kier alpha value is -1.67. The molecule has 0 spiro atoms. The van der Waals surface area contributed by atoms with Gasteiger partial charge in [0, 0.05) is 19.7 Å². The first kappa shape index (κ1) is 12.4. The Morgan fingerprint density at radius 2 is 2.19 bits per heavy atom. The van der Waals surface area contributed by atoms with E-state index in [1.54, 1.807) is 6.20 Å². The van der Waals surface area contributed by atoms with Gasteiger partial charge in [-0.05, 0) is 13.8 Å². The summed E-state index contributed by atoms with van der Waals surface area (Å²) in [5.41, 5.74) is 0.338. The smallest absolute Gasteiger partial charge is 0.158 e. The summed E-state index contributed by atoms with van der Waals surface area (Å²) >= 11 is 0. The van der Waals surface area contributed by atoms with E-state index in [0.717, 1.165) is 25.5 Å². The standard InChI is InChI=1S/C11H16N4O/c1-3-15(5-6-16-4-2)11-9-13-10(7-12)8-14-11/h8-9H,3-6H2,1-2H3. The number of nitrogens with zero attached hydrogens (tertiary/aromatic N) is 4. The summed E-state index contributed by atoms with van der Waals surface area (Å²) in [7, 11) is 0. The predicted molar refractivity (Wildman–Crippen MR) is 61.1 cm³/mol. The molecule has 0 aromatic carbocycles. The Morgan fingerprint density at radius 3 is 2.69 bits per heavy atom. The third kappa shape index (κ3) is 3.48. The van der Waals surface area contributed by atoms with Gasteiger partial charge in [0.15, 0.2) is 5.69 Å². The summed E-state index contributed by atoms with van der Waals surface area (Å²) in [5.74, 6) is 0.779. The molecule has 86 valence electrons. The van der Waals surface area contributed by atoms with Crippen molar-refractivity contribution in [2.45, 2.75) is 13.8 Å². The Morgan fingerprint density at radius 1 is 1.38 bits per heavy atom. The van der Waals surface area contributed by atoms with Gasteiger partial charge in [-0.3, -0.25) is 0 Å². The number of hydrogen-bond donors (Lipinski definition) is 0. The lowest BCUT2D eigenvalue weighted by atomic mass is 10.4. The molecule has 0 radical (unpaired) electrons. The average Bonchev–Trinajstić information content (AvgIpc) is 2.35. The Bertz CT molecular complexity index is 344. The van der Waals surface area contributed by atoms with Gasteiger partial charge >= 0.3 is 0 Å². The highest BCUT2D eigenvalue weighted by Gasteiger charge is 2.05. The first-order valence-corrected chi connectivity index (χ1v) is 5.36. The summed E-state index contributed by atoms with van der Waals surface area (Å²) in [6, 6.07) is 1.95. The van der Waals surface area contributed by atoms with Gasteiger partial charge in [0.2, 0.25) is 0 Å². The molecule has 0 N–H and O–H groups in total. The van der Waals surface area contributed by atoms with E-state index >= 15 is 0 Å². The number of likely N-dealkylation sites (N-methyl/N-ethyl adjacent to an activating group) is 1. The van der Waals surface area contributed by atoms with Crippen LogP contribution >= 0.6 is 0 Å². The number of rotatable bonds is 6. The van der Waals surface area contributed by atoms with Crippen molar-refractivity contribution < 1.29 is 4.74 Å². The largest absolute Gasteiger partial charge is 0.380 e. The lowest BCUT2D eigenvalue weighted by molar-refractivity contribution is 0.154. The van der Waals surface area contributed by atoms with Crippen molar-refractivity contribution in [1.82, 2.24) is 9.97 Å². The van der Waals surface area contributed by atoms with E-state index in [4.69, 9.17) is 10.00 Å². The predicted octanol–water partition coefficient (Wildman–Crippen LogP) is 1.21. The molecule has 1 heterocycles. The minimum Gasteiger partial charge on any atom is -0.380 e. The first-order valence-electron chi connectivity index (χ1n) is 5.36. The second-order valence-corrected chi connectivity index (χ2v) is 3.15. The Labute approximate surface area is 95.7 Å². The van der Waals surface area contributed by atoms with Crippen LogP contribution in [0.3, 0.4) is 0 Å². The summed E-state index contributed by atoms with van der Waals surface area (Å²) in [6.07, 6.45) is 3.10. The lowest BCUT2D eigenvalue weighted by Gasteiger charge is -2.20. The summed E-state index contributed by atoms with van der Waals surface area (Å²) in [6.45, 7) is 7.03. The number of hydrogen-bond acceptors (Lipinski definition) is 5. The van der Waals surface area contributed by atoms with Gasteiger partial charge in [-0.25, -0.2) is 9.97 Å². The van der Waals surface area contributed by atoms with Crippen LogP contribution in [0, 0.1) is 11.3 Å². The van der Waals surface area contributed by atoms with Crippen LogP contribution in [0.1, 0.15) is 19.5 Å². The maximum atomic E-state index is 8.61. The second-order valence-electron chi connectivity index (χ2n) is 3.15. The molecule has 0 saturated heterocycles. The number of ether oxygens (including phenoxy) is 1. The fourth-order valence-corrected chi connectivity index (χ4v) is 1.30. The molecule has 0 amide bonds. The normalized spacial score (nSPS) is 9.81. The van der Waals surface area contributed by atoms with Crippen molar-refractivity contribution in [3.8, 4) is 6.07 Å². The zero-order valence-electron chi connectivity index (χ0n) is 9.68. The Balaban J connectivity index is 2.60. The Kier molecular flexibility index (Phi) is 5.23. The van der Waals surface area contributed by atoms with E-state index in [-0.39, 0.29) is 0 Å². The molecule has 0 atom stereocenters. The van der Waals surface area contributed by atoms with Crippen LogP contribution in [0.4, 0.5) is 5.82 Å². The number of aromatic nitrogens is 2. The molecule has 16 heavy (non-hydrogen) atoms. The SMILES string of the molecule is CCOCCN(CC)c1cnc(C#N)cn1. The highest BCUT2D eigenvalue weighted by molar-refractivity contribution is 5.36. The maximum absolute atomic E-state index is 8.61. The fraction of sp³-hybridized carbons (Fsp3) is 0.545. The lowest BCUT2D eigenvalue weighted by Crippen LogP contribution is -2.28. The van der Waals surface area contributed by atoms with E-state index in [0.29, 0.717) is 12.3 Å². The van der Waals surface area contributed by atoms with Crippen LogP contribution in [0.2, 0.25) is 0 Å². The number of nitriles is 1. The summed E-state index contributed by atoms with van der Waals surface area (Å²) < 4.78 is 5.29. The van der Waals surface area contributed by atoms with Crippen LogP contribution in [0.25, 0.3) is 0 Å². The number of anilines is 1. The van der Waals surface area contributed by atoms with Gasteiger partial charge in [-0.2, -0.15) is 5.26 Å². The van der Waals surface area contributed by atoms with E-state index in [2.05, 4.69) is 14.9 Å². The molecule has 0 fully saturated rings. The van der Waals surface area contributed by atoms with Gasteiger partial charge in [-0.1, -0.05) is 0 Å². The van der Waals surface area contributed by atoms with Crippen molar-refractivity contribution in [2.24, 2.45) is 0 Å². The molecule has 0 aliphatic heterocycles. The molecule has 5 nitrogen and oxygen atoms in total. The minimum absolute atomic E-state index is 0.338. The van der Waals surface area contributed by atoms with Gasteiger partial charge in [-0.15, -0.1) is 0 Å². The van der Waals surface area contributed by atoms with Gasteiger partial charge < -0.3 is 9.64 Å². The fourth-order valence-electron chi connectivity index (χ4n) is 1.30. The molecule has 1 aromatic heterocycles. The van der Waals surface area contributed by atoms with Crippen LogP contribution in [0.5, 0.6) is 0 Å². The zero-order chi connectivity index (χ0) is 11.8. The second kappa shape index (κ2) is 6.75. The quantitative estimate of drug-likeness (QED) is 0.674. The van der Waals surface area contributed by atoms with E-state index in [9.17, 15) is 0 Å². The monoisotopic (exact) mass is 220 g/mol. The third-order valence-electron chi connectivity index (χ3n) is 2.17. The third-order valence-corrected chi connectivity index (χ3v) is 2.17. The molecule has 0 bridgehead atoms. The molecular formula is C11H16N4O. The minimum atomic E-state index is 0.338. The van der Waals surface area contributed by atoms with Gasteiger partial charge in [0.25, 0.3) is 0 Å². The van der Waals surface area contributed by atoms with E-state index in [1.165, 1.54) is 6.20 Å². The van der Waals surface area contributed by atoms with E-state index in [1.807, 2.05) is 19.9 Å². The van der Waals surface area contributed by atoms with Gasteiger partial charge in [0.05, 0.1) is 19.0 Å². The summed E-state index contributed by atoms with van der Waals surface area (Å²) in [4.78, 5) is 10.2. The molecule has 0 aliphatic rings. The molecule has 0 aliphatic carbocycles. The molecular weight excluding hydrogens is 204 g/mol. The first-order chi connectivity index (χ1) is 7.81. The van der Waals surface area contributed by atoms with Crippen molar-refractivity contribution in [3.63, 3.8) is 0 Å². The highest BCUT2D eigenvalue weighted by atomic mass is 16.5. The van der Waals surface area contributed by atoms with Crippen LogP contribution in [-0.4, -0.2) is 36.3 Å². The van der Waals surface area contributed by atoms with Crippen LogP contribution in [0.15, 0.2) is 12.4 Å². The molecule has 5 heteroatoms. The average molecular weight is 220 g/mol. The molecule has 1 aromatic rings.